The van der Waals surface area contributed by atoms with Crippen molar-refractivity contribution in [3.05, 3.63) is 35.4 Å². The summed E-state index contributed by atoms with van der Waals surface area (Å²) in [6.45, 7) is 2.35. The molecule has 5 nitrogen and oxygen atoms in total. The lowest BCUT2D eigenvalue weighted by Gasteiger charge is -2.25. The van der Waals surface area contributed by atoms with E-state index in [1.807, 2.05) is 24.3 Å². The van der Waals surface area contributed by atoms with E-state index in [9.17, 15) is 13.2 Å². The summed E-state index contributed by atoms with van der Waals surface area (Å²) < 4.78 is 25.3. The SMILES string of the molecule is CCCS(=O)(=O)NC(=O)[C@H]1Cc2ccccc2CN1. The highest BCUT2D eigenvalue weighted by Crippen LogP contribution is 2.16. The molecule has 1 amide bonds. The summed E-state index contributed by atoms with van der Waals surface area (Å²) in [7, 11) is -3.50. The minimum atomic E-state index is -3.50. The Labute approximate surface area is 113 Å². The lowest BCUT2D eigenvalue weighted by molar-refractivity contribution is -0.121. The predicted octanol–water partition coefficient (Wildman–Crippen LogP) is 0.557. The van der Waals surface area contributed by atoms with E-state index in [1.54, 1.807) is 6.92 Å². The number of carbonyl (C=O) groups excluding carboxylic acids is 1. The highest BCUT2D eigenvalue weighted by molar-refractivity contribution is 7.90. The molecule has 1 atom stereocenters. The maximum Gasteiger partial charge on any atom is 0.250 e. The van der Waals surface area contributed by atoms with Crippen molar-refractivity contribution in [2.75, 3.05) is 5.75 Å². The van der Waals surface area contributed by atoms with Gasteiger partial charge in [-0.15, -0.1) is 0 Å². The summed E-state index contributed by atoms with van der Waals surface area (Å²) in [6.07, 6.45) is 1.01. The van der Waals surface area contributed by atoms with Gasteiger partial charge in [0.1, 0.15) is 0 Å². The molecule has 2 rings (SSSR count). The second-order valence-electron chi connectivity index (χ2n) is 4.69. The fourth-order valence-electron chi connectivity index (χ4n) is 2.18. The van der Waals surface area contributed by atoms with E-state index in [4.69, 9.17) is 0 Å². The molecule has 1 heterocycles. The number of nitrogens with one attached hydrogen (secondary N) is 2. The Morgan fingerprint density at radius 2 is 2.05 bits per heavy atom. The topological polar surface area (TPSA) is 75.3 Å². The quantitative estimate of drug-likeness (QED) is 0.846. The second-order valence-corrected chi connectivity index (χ2v) is 6.53. The molecule has 0 aliphatic carbocycles. The van der Waals surface area contributed by atoms with Crippen LogP contribution in [0.5, 0.6) is 0 Å². The first kappa shape index (κ1) is 14.0. The average molecular weight is 282 g/mol. The number of hydrogen-bond donors (Lipinski definition) is 2. The molecular weight excluding hydrogens is 264 g/mol. The Morgan fingerprint density at radius 3 is 2.74 bits per heavy atom. The Kier molecular flexibility index (Phi) is 4.21. The second kappa shape index (κ2) is 5.71. The number of amides is 1. The molecule has 0 unspecified atom stereocenters. The van der Waals surface area contributed by atoms with Gasteiger partial charge < -0.3 is 5.32 Å². The van der Waals surface area contributed by atoms with E-state index in [0.29, 0.717) is 19.4 Å². The highest BCUT2D eigenvalue weighted by atomic mass is 32.2. The van der Waals surface area contributed by atoms with E-state index in [2.05, 4.69) is 10.0 Å². The van der Waals surface area contributed by atoms with Gasteiger partial charge in [-0.3, -0.25) is 9.52 Å². The number of sulfonamides is 1. The van der Waals surface area contributed by atoms with Gasteiger partial charge in [-0.05, 0) is 24.0 Å². The zero-order valence-electron chi connectivity index (χ0n) is 10.8. The van der Waals surface area contributed by atoms with Crippen LogP contribution in [0.1, 0.15) is 24.5 Å². The first-order valence-electron chi connectivity index (χ1n) is 6.36. The van der Waals surface area contributed by atoms with Crippen LogP contribution in [0.4, 0.5) is 0 Å². The van der Waals surface area contributed by atoms with Crippen LogP contribution < -0.4 is 10.0 Å². The van der Waals surface area contributed by atoms with Gasteiger partial charge in [-0.1, -0.05) is 31.2 Å². The molecule has 1 aliphatic rings. The minimum Gasteiger partial charge on any atom is -0.301 e. The molecule has 0 aromatic heterocycles. The third-order valence-corrected chi connectivity index (χ3v) is 4.58. The van der Waals surface area contributed by atoms with Crippen LogP contribution in [-0.2, 0) is 27.8 Å². The average Bonchev–Trinajstić information content (AvgIpc) is 2.37. The molecule has 0 saturated carbocycles. The molecule has 104 valence electrons. The van der Waals surface area contributed by atoms with Crippen molar-refractivity contribution in [3.8, 4) is 0 Å². The summed E-state index contributed by atoms with van der Waals surface area (Å²) in [6, 6.07) is 7.36. The number of carbonyl (C=O) groups is 1. The maximum absolute atomic E-state index is 11.9. The molecule has 0 spiro atoms. The first-order chi connectivity index (χ1) is 9.02. The molecule has 6 heteroatoms. The molecule has 1 aromatic rings. The van der Waals surface area contributed by atoms with E-state index >= 15 is 0 Å². The van der Waals surface area contributed by atoms with Crippen LogP contribution in [0, 0.1) is 0 Å². The number of rotatable bonds is 4. The van der Waals surface area contributed by atoms with E-state index in [1.165, 1.54) is 0 Å². The van der Waals surface area contributed by atoms with Gasteiger partial charge in [0.05, 0.1) is 11.8 Å². The van der Waals surface area contributed by atoms with Gasteiger partial charge in [-0.25, -0.2) is 8.42 Å². The van der Waals surface area contributed by atoms with Gasteiger partial charge in [0, 0.05) is 6.54 Å². The summed E-state index contributed by atoms with van der Waals surface area (Å²) in [4.78, 5) is 11.9. The van der Waals surface area contributed by atoms with Crippen molar-refractivity contribution in [1.29, 1.82) is 0 Å². The van der Waals surface area contributed by atoms with E-state index in [0.717, 1.165) is 11.1 Å². The Balaban J connectivity index is 2.03. The number of fused-ring (bicyclic) bond motifs is 1. The van der Waals surface area contributed by atoms with Crippen LogP contribution in [0.25, 0.3) is 0 Å². The van der Waals surface area contributed by atoms with Gasteiger partial charge in [0.2, 0.25) is 10.0 Å². The van der Waals surface area contributed by atoms with Crippen LogP contribution in [0.15, 0.2) is 24.3 Å². The summed E-state index contributed by atoms with van der Waals surface area (Å²) in [5, 5.41) is 3.06. The fourth-order valence-corrected chi connectivity index (χ4v) is 3.27. The first-order valence-corrected chi connectivity index (χ1v) is 8.01. The molecule has 0 fully saturated rings. The van der Waals surface area contributed by atoms with Crippen molar-refractivity contribution in [2.24, 2.45) is 0 Å². The highest BCUT2D eigenvalue weighted by Gasteiger charge is 2.26. The minimum absolute atomic E-state index is 0.0257. The molecule has 1 aliphatic heterocycles. The zero-order chi connectivity index (χ0) is 13.9. The molecular formula is C13H18N2O3S. The molecule has 1 aromatic carbocycles. The van der Waals surface area contributed by atoms with E-state index < -0.39 is 22.0 Å². The molecule has 19 heavy (non-hydrogen) atoms. The van der Waals surface area contributed by atoms with Crippen LogP contribution in [0.2, 0.25) is 0 Å². The van der Waals surface area contributed by atoms with Gasteiger partial charge in [0.25, 0.3) is 5.91 Å². The van der Waals surface area contributed by atoms with Crippen LogP contribution in [0.3, 0.4) is 0 Å². The van der Waals surface area contributed by atoms with Crippen LogP contribution in [-0.4, -0.2) is 26.1 Å². The van der Waals surface area contributed by atoms with Crippen LogP contribution >= 0.6 is 0 Å². The van der Waals surface area contributed by atoms with Gasteiger partial charge in [0.15, 0.2) is 0 Å². The molecule has 0 radical (unpaired) electrons. The molecule has 2 N–H and O–H groups in total. The Morgan fingerprint density at radius 1 is 1.37 bits per heavy atom. The Bertz CT molecular complexity index is 569. The summed E-state index contributed by atoms with van der Waals surface area (Å²) in [5.41, 5.74) is 2.25. The third-order valence-electron chi connectivity index (χ3n) is 3.13. The van der Waals surface area contributed by atoms with Crippen molar-refractivity contribution >= 4 is 15.9 Å². The Hall–Kier alpha value is -1.40. The molecule has 0 saturated heterocycles. The van der Waals surface area contributed by atoms with Crippen molar-refractivity contribution in [2.45, 2.75) is 32.4 Å². The summed E-state index contributed by atoms with van der Waals surface area (Å²) >= 11 is 0. The number of hydrogen-bond acceptors (Lipinski definition) is 4. The molecule has 0 bridgehead atoms. The monoisotopic (exact) mass is 282 g/mol. The van der Waals surface area contributed by atoms with Crippen molar-refractivity contribution in [3.63, 3.8) is 0 Å². The number of benzene rings is 1. The normalized spacial score (nSPS) is 18.7. The lowest BCUT2D eigenvalue weighted by atomic mass is 9.96. The zero-order valence-corrected chi connectivity index (χ0v) is 11.7. The lowest BCUT2D eigenvalue weighted by Crippen LogP contribution is -2.49. The summed E-state index contributed by atoms with van der Waals surface area (Å²) in [5.74, 6) is -0.495. The fraction of sp³-hybridized carbons (Fsp3) is 0.462. The largest absolute Gasteiger partial charge is 0.301 e. The smallest absolute Gasteiger partial charge is 0.250 e. The predicted molar refractivity (Wildman–Crippen MR) is 73.0 cm³/mol. The van der Waals surface area contributed by atoms with Gasteiger partial charge >= 0.3 is 0 Å². The van der Waals surface area contributed by atoms with Crippen molar-refractivity contribution < 1.29 is 13.2 Å². The van der Waals surface area contributed by atoms with E-state index in [-0.39, 0.29) is 5.75 Å². The maximum atomic E-state index is 11.9. The van der Waals surface area contributed by atoms with Crippen molar-refractivity contribution in [1.82, 2.24) is 10.0 Å². The third kappa shape index (κ3) is 3.54. The van der Waals surface area contributed by atoms with Gasteiger partial charge in [-0.2, -0.15) is 0 Å². The standard InChI is InChI=1S/C13H18N2O3S/c1-2-7-19(17,18)15-13(16)12-8-10-5-3-4-6-11(10)9-14-12/h3-6,12,14H,2,7-9H2,1H3,(H,15,16)/t12-/m1/s1.